The van der Waals surface area contributed by atoms with E-state index in [4.69, 9.17) is 0 Å². The molecule has 0 nitrogen and oxygen atoms in total. The van der Waals surface area contributed by atoms with Crippen LogP contribution in [0.3, 0.4) is 0 Å². The summed E-state index contributed by atoms with van der Waals surface area (Å²) in [4.78, 5) is 0. The van der Waals surface area contributed by atoms with Gasteiger partial charge < -0.3 is 0 Å². The van der Waals surface area contributed by atoms with E-state index in [0.29, 0.717) is 5.92 Å². The summed E-state index contributed by atoms with van der Waals surface area (Å²) in [5.74, 6) is 0.690. The Morgan fingerprint density at radius 1 is 1.46 bits per heavy atom. The van der Waals surface area contributed by atoms with Crippen LogP contribution in [0.4, 0.5) is 0 Å². The van der Waals surface area contributed by atoms with Crippen molar-refractivity contribution in [2.75, 3.05) is 0 Å². The Morgan fingerprint density at radius 3 is 2.85 bits per heavy atom. The Morgan fingerprint density at radius 2 is 2.23 bits per heavy atom. The fourth-order valence-corrected chi connectivity index (χ4v) is 1.52. The van der Waals surface area contributed by atoms with Crippen molar-refractivity contribution in [2.45, 2.75) is 40.0 Å². The van der Waals surface area contributed by atoms with Gasteiger partial charge in [-0.05, 0) is 24.3 Å². The predicted octanol–water partition coefficient (Wildman–Crippen LogP) is 4.26. The lowest BCUT2D eigenvalue weighted by molar-refractivity contribution is 0.737. The van der Waals surface area contributed by atoms with Gasteiger partial charge in [0.1, 0.15) is 0 Å². The van der Waals surface area contributed by atoms with Crippen molar-refractivity contribution in [3.63, 3.8) is 0 Å². The van der Waals surface area contributed by atoms with E-state index in [9.17, 15) is 0 Å². The molecule has 0 aromatic carbocycles. The maximum Gasteiger partial charge on any atom is -0.00646 e. The van der Waals surface area contributed by atoms with Crippen molar-refractivity contribution < 1.29 is 0 Å². The van der Waals surface area contributed by atoms with Gasteiger partial charge in [0.25, 0.3) is 0 Å². The second-order valence-electron chi connectivity index (χ2n) is 4.00. The van der Waals surface area contributed by atoms with Crippen LogP contribution in [-0.4, -0.2) is 0 Å². The zero-order valence-corrected chi connectivity index (χ0v) is 9.01. The van der Waals surface area contributed by atoms with E-state index in [-0.39, 0.29) is 0 Å². The molecule has 1 rings (SSSR count). The van der Waals surface area contributed by atoms with E-state index in [2.05, 4.69) is 45.1 Å². The summed E-state index contributed by atoms with van der Waals surface area (Å²) in [6, 6.07) is 0. The lowest BCUT2D eigenvalue weighted by Gasteiger charge is -2.14. The van der Waals surface area contributed by atoms with Crippen LogP contribution in [0.2, 0.25) is 0 Å². The molecule has 0 saturated carbocycles. The Kier molecular flexibility index (Phi) is 4.01. The first kappa shape index (κ1) is 10.3. The third kappa shape index (κ3) is 3.22. The van der Waals surface area contributed by atoms with Crippen LogP contribution in [0.25, 0.3) is 0 Å². The van der Waals surface area contributed by atoms with Gasteiger partial charge in [-0.3, -0.25) is 0 Å². The molecule has 72 valence electrons. The van der Waals surface area contributed by atoms with Crippen molar-refractivity contribution in [1.82, 2.24) is 0 Å². The smallest absolute Gasteiger partial charge is 0.00646 e. The van der Waals surface area contributed by atoms with E-state index in [0.717, 1.165) is 6.42 Å². The lowest BCUT2D eigenvalue weighted by Crippen LogP contribution is -1.98. The molecule has 0 radical (unpaired) electrons. The molecule has 1 aliphatic rings. The van der Waals surface area contributed by atoms with Crippen LogP contribution in [0.5, 0.6) is 0 Å². The van der Waals surface area contributed by atoms with Crippen molar-refractivity contribution in [3.05, 3.63) is 35.5 Å². The first-order valence-corrected chi connectivity index (χ1v) is 5.30. The molecule has 0 bridgehead atoms. The molecule has 1 aliphatic carbocycles. The summed E-state index contributed by atoms with van der Waals surface area (Å²) in [6.45, 7) is 6.76. The van der Waals surface area contributed by atoms with Gasteiger partial charge >= 0.3 is 0 Å². The van der Waals surface area contributed by atoms with E-state index in [1.807, 2.05) is 0 Å². The van der Waals surface area contributed by atoms with Crippen molar-refractivity contribution in [2.24, 2.45) is 5.92 Å². The average molecular weight is 176 g/mol. The molecule has 0 atom stereocenters. The minimum atomic E-state index is 0.690. The monoisotopic (exact) mass is 176 g/mol. The van der Waals surface area contributed by atoms with E-state index in [1.54, 1.807) is 5.57 Å². The third-order valence-electron chi connectivity index (χ3n) is 2.47. The Labute approximate surface area is 82.0 Å². The normalized spacial score (nSPS) is 19.7. The molecule has 0 saturated heterocycles. The second kappa shape index (κ2) is 5.06. The van der Waals surface area contributed by atoms with Gasteiger partial charge in [-0.1, -0.05) is 57.1 Å². The molecule has 0 heteroatoms. The fraction of sp³-hybridized carbons (Fsp3) is 0.538. The van der Waals surface area contributed by atoms with E-state index < -0.39 is 0 Å². The van der Waals surface area contributed by atoms with Crippen LogP contribution in [0, 0.1) is 5.92 Å². The molecule has 0 fully saturated rings. The van der Waals surface area contributed by atoms with Gasteiger partial charge in [-0.2, -0.15) is 0 Å². The van der Waals surface area contributed by atoms with Crippen molar-refractivity contribution in [1.29, 1.82) is 0 Å². The number of hydrogen-bond donors (Lipinski definition) is 0. The van der Waals surface area contributed by atoms with Gasteiger partial charge in [0.2, 0.25) is 0 Å². The van der Waals surface area contributed by atoms with Crippen LogP contribution in [-0.2, 0) is 0 Å². The van der Waals surface area contributed by atoms with Gasteiger partial charge in [0, 0.05) is 0 Å². The molecule has 0 amide bonds. The van der Waals surface area contributed by atoms with Crippen LogP contribution in [0.1, 0.15) is 40.0 Å². The minimum absolute atomic E-state index is 0.690. The number of unbranched alkanes of at least 4 members (excludes halogenated alkanes) is 1. The van der Waals surface area contributed by atoms with Crippen LogP contribution in [0.15, 0.2) is 35.5 Å². The Bertz CT molecular complexity index is 239. The second-order valence-corrected chi connectivity index (χ2v) is 4.00. The third-order valence-corrected chi connectivity index (χ3v) is 2.47. The highest BCUT2D eigenvalue weighted by Crippen LogP contribution is 2.24. The summed E-state index contributed by atoms with van der Waals surface area (Å²) in [5, 5.41) is 0. The SMILES string of the molecule is CCC/C=C1/C=CC=C(C(C)C)C1. The molecular formula is C13H20. The molecule has 13 heavy (non-hydrogen) atoms. The molecule has 0 unspecified atom stereocenters. The molecule has 0 N–H and O–H groups in total. The highest BCUT2D eigenvalue weighted by atomic mass is 14.1. The van der Waals surface area contributed by atoms with Crippen molar-refractivity contribution in [3.8, 4) is 0 Å². The zero-order chi connectivity index (χ0) is 9.68. The fourth-order valence-electron chi connectivity index (χ4n) is 1.52. The number of allylic oxidation sites excluding steroid dienone is 6. The first-order valence-electron chi connectivity index (χ1n) is 5.30. The number of hydrogen-bond acceptors (Lipinski definition) is 0. The lowest BCUT2D eigenvalue weighted by atomic mass is 9.91. The Balaban J connectivity index is 2.59. The highest BCUT2D eigenvalue weighted by molar-refractivity contribution is 5.34. The van der Waals surface area contributed by atoms with E-state index >= 15 is 0 Å². The number of rotatable bonds is 3. The Hall–Kier alpha value is -0.780. The van der Waals surface area contributed by atoms with Crippen LogP contribution < -0.4 is 0 Å². The van der Waals surface area contributed by atoms with Crippen molar-refractivity contribution >= 4 is 0 Å². The quantitative estimate of drug-likeness (QED) is 0.603. The predicted molar refractivity (Wildman–Crippen MR) is 59.7 cm³/mol. The molecule has 0 heterocycles. The zero-order valence-electron chi connectivity index (χ0n) is 9.01. The molecule has 0 aromatic rings. The summed E-state index contributed by atoms with van der Waals surface area (Å²) < 4.78 is 0. The van der Waals surface area contributed by atoms with E-state index in [1.165, 1.54) is 18.4 Å². The molecule has 0 aromatic heterocycles. The van der Waals surface area contributed by atoms with Crippen LogP contribution >= 0.6 is 0 Å². The minimum Gasteiger partial charge on any atom is -0.0810 e. The molecule has 0 aliphatic heterocycles. The highest BCUT2D eigenvalue weighted by Gasteiger charge is 2.06. The summed E-state index contributed by atoms with van der Waals surface area (Å²) >= 11 is 0. The summed E-state index contributed by atoms with van der Waals surface area (Å²) in [5.41, 5.74) is 3.05. The topological polar surface area (TPSA) is 0 Å². The maximum atomic E-state index is 2.37. The van der Waals surface area contributed by atoms with Gasteiger partial charge in [0.15, 0.2) is 0 Å². The van der Waals surface area contributed by atoms with Gasteiger partial charge in [-0.15, -0.1) is 0 Å². The standard InChI is InChI=1S/C13H20/c1-4-5-7-12-8-6-9-13(10-12)11(2)3/h6-9,11H,4-5,10H2,1-3H3/b12-7-. The summed E-state index contributed by atoms with van der Waals surface area (Å²) in [6.07, 6.45) is 12.7. The maximum absolute atomic E-state index is 2.37. The van der Waals surface area contributed by atoms with Gasteiger partial charge in [-0.25, -0.2) is 0 Å². The summed E-state index contributed by atoms with van der Waals surface area (Å²) in [7, 11) is 0. The van der Waals surface area contributed by atoms with Gasteiger partial charge in [0.05, 0.1) is 0 Å². The average Bonchev–Trinajstić information content (AvgIpc) is 2.15. The largest absolute Gasteiger partial charge is 0.0810 e. The first-order chi connectivity index (χ1) is 6.24. The molecular weight excluding hydrogens is 156 g/mol. The molecule has 0 spiro atoms.